The van der Waals surface area contributed by atoms with Crippen molar-refractivity contribution in [2.45, 2.75) is 92.1 Å². The number of rotatable bonds is 11. The van der Waals surface area contributed by atoms with Gasteiger partial charge in [-0.2, -0.15) is 0 Å². The maximum absolute atomic E-state index is 13.1. The molecule has 1 aliphatic heterocycles. The molecule has 3 nitrogen and oxygen atoms in total. The fraction of sp³-hybridized carbons (Fsp3) is 0.654. The molecule has 1 fully saturated rings. The molecule has 168 valence electrons. The minimum absolute atomic E-state index is 0.101. The van der Waals surface area contributed by atoms with E-state index in [9.17, 15) is 9.90 Å². The molecule has 0 bridgehead atoms. The molecule has 0 aliphatic carbocycles. The van der Waals surface area contributed by atoms with Crippen LogP contribution in [0.15, 0.2) is 39.5 Å². The zero-order chi connectivity index (χ0) is 22.0. The van der Waals surface area contributed by atoms with E-state index in [4.69, 9.17) is 0 Å². The number of aliphatic hydroxyl groups excluding tert-OH is 1. The van der Waals surface area contributed by atoms with Gasteiger partial charge in [0.2, 0.25) is 0 Å². The Labute approximate surface area is 188 Å². The molecule has 1 unspecified atom stereocenters. The van der Waals surface area contributed by atoms with Crippen molar-refractivity contribution in [2.24, 2.45) is 0 Å². The normalized spacial score (nSPS) is 19.1. The summed E-state index contributed by atoms with van der Waals surface area (Å²) in [5, 5.41) is 11.0. The molecule has 1 atom stereocenters. The molecule has 1 aromatic rings. The van der Waals surface area contributed by atoms with Crippen LogP contribution in [0.3, 0.4) is 0 Å². The van der Waals surface area contributed by atoms with Crippen LogP contribution in [-0.2, 0) is 0 Å². The summed E-state index contributed by atoms with van der Waals surface area (Å²) in [7, 11) is 0. The fourth-order valence-corrected chi connectivity index (χ4v) is 21.8. The van der Waals surface area contributed by atoms with E-state index in [1.165, 1.54) is 57.4 Å². The van der Waals surface area contributed by atoms with Crippen LogP contribution in [0.25, 0.3) is 0 Å². The van der Waals surface area contributed by atoms with Crippen LogP contribution in [0.5, 0.6) is 0 Å². The molecule has 0 spiro atoms. The molecular weight excluding hydrogens is 477 g/mol. The van der Waals surface area contributed by atoms with Gasteiger partial charge in [-0.3, -0.25) is 0 Å². The first-order valence-corrected chi connectivity index (χ1v) is 19.7. The van der Waals surface area contributed by atoms with E-state index in [0.717, 1.165) is 5.56 Å². The first-order chi connectivity index (χ1) is 14.5. The number of benzene rings is 1. The predicted molar refractivity (Wildman–Crippen MR) is 131 cm³/mol. The van der Waals surface area contributed by atoms with E-state index in [1.807, 2.05) is 35.2 Å². The monoisotopic (exact) mass is 521 g/mol. The van der Waals surface area contributed by atoms with E-state index >= 15 is 0 Å². The molecule has 0 saturated carbocycles. The molecule has 2 rings (SSSR count). The third kappa shape index (κ3) is 6.59. The second kappa shape index (κ2) is 12.9. The summed E-state index contributed by atoms with van der Waals surface area (Å²) in [6.45, 7) is 10.5. The van der Waals surface area contributed by atoms with Crippen molar-refractivity contribution < 1.29 is 9.90 Å². The summed E-state index contributed by atoms with van der Waals surface area (Å²) in [6, 6.07) is 9.60. The summed E-state index contributed by atoms with van der Waals surface area (Å²) in [6.07, 6.45) is 8.00. The summed E-state index contributed by atoms with van der Waals surface area (Å²) in [5.41, 5.74) is 1.95. The molecule has 0 radical (unpaired) electrons. The number of piperidine rings is 1. The van der Waals surface area contributed by atoms with Gasteiger partial charge in [0.15, 0.2) is 0 Å². The summed E-state index contributed by atoms with van der Waals surface area (Å²) in [5.74, 6) is 0.101. The minimum atomic E-state index is -2.58. The van der Waals surface area contributed by atoms with Gasteiger partial charge in [0.05, 0.1) is 0 Å². The van der Waals surface area contributed by atoms with Crippen molar-refractivity contribution in [3.8, 4) is 0 Å². The number of carbonyl (C=O) groups is 1. The second-order valence-electron chi connectivity index (χ2n) is 9.14. The Morgan fingerprint density at radius 1 is 1.00 bits per heavy atom. The Hall–Kier alpha value is -0.811. The van der Waals surface area contributed by atoms with Crippen molar-refractivity contribution in [1.82, 2.24) is 4.90 Å². The number of likely N-dealkylation sites (tertiary alicyclic amines) is 1. The van der Waals surface area contributed by atoms with E-state index < -0.39 is 18.4 Å². The quantitative estimate of drug-likeness (QED) is 0.334. The number of allylic oxidation sites excluding steroid dienone is 1. The number of hydrogen-bond donors (Lipinski definition) is 1. The van der Waals surface area contributed by atoms with E-state index in [-0.39, 0.29) is 12.0 Å². The average molecular weight is 520 g/mol. The average Bonchev–Trinajstić information content (AvgIpc) is 2.79. The standard InChI is InChI=1S/C14H16NO2.3C4H9.Sn/c1-2-11-10-15(9-8-13(11)16)14(17)12-6-4-3-5-7-12;3*1-3-4-2;/h3-7,13,16H,8-10H2,1H3;3*1,3-4H2,2H3;. The van der Waals surface area contributed by atoms with Gasteiger partial charge in [0.25, 0.3) is 0 Å². The Morgan fingerprint density at radius 2 is 1.53 bits per heavy atom. The van der Waals surface area contributed by atoms with Gasteiger partial charge in [0.1, 0.15) is 0 Å². The van der Waals surface area contributed by atoms with Crippen LogP contribution in [0.2, 0.25) is 13.3 Å². The van der Waals surface area contributed by atoms with Gasteiger partial charge < -0.3 is 0 Å². The van der Waals surface area contributed by atoms with Crippen molar-refractivity contribution in [3.63, 3.8) is 0 Å². The molecule has 1 aromatic carbocycles. The molecule has 1 heterocycles. The zero-order valence-corrected chi connectivity index (χ0v) is 22.6. The van der Waals surface area contributed by atoms with Crippen molar-refractivity contribution in [1.29, 1.82) is 0 Å². The number of amides is 1. The molecule has 1 amide bonds. The van der Waals surface area contributed by atoms with Gasteiger partial charge >= 0.3 is 189 Å². The number of hydrogen-bond acceptors (Lipinski definition) is 2. The van der Waals surface area contributed by atoms with Crippen molar-refractivity contribution in [2.75, 3.05) is 13.1 Å². The van der Waals surface area contributed by atoms with E-state index in [1.54, 1.807) is 3.59 Å². The fourth-order valence-electron chi connectivity index (χ4n) is 4.97. The molecular formula is C26H43NO2Sn. The summed E-state index contributed by atoms with van der Waals surface area (Å²) < 4.78 is 5.79. The van der Waals surface area contributed by atoms with Crippen molar-refractivity contribution in [3.05, 3.63) is 45.1 Å². The molecule has 0 aromatic heterocycles. The molecule has 30 heavy (non-hydrogen) atoms. The molecule has 1 aliphatic rings. The predicted octanol–water partition coefficient (Wildman–Crippen LogP) is 6.60. The molecule has 1 N–H and O–H groups in total. The number of aliphatic hydroxyl groups is 1. The summed E-state index contributed by atoms with van der Waals surface area (Å²) >= 11 is -2.58. The first-order valence-electron chi connectivity index (χ1n) is 12.2. The summed E-state index contributed by atoms with van der Waals surface area (Å²) in [4.78, 5) is 15.0. The molecule has 4 heteroatoms. The van der Waals surface area contributed by atoms with Crippen LogP contribution < -0.4 is 0 Å². The Morgan fingerprint density at radius 3 is 2.03 bits per heavy atom. The van der Waals surface area contributed by atoms with Gasteiger partial charge in [-0.15, -0.1) is 0 Å². The number of carbonyl (C=O) groups excluding carboxylic acids is 1. The second-order valence-corrected chi connectivity index (χ2v) is 22.9. The Balaban J connectivity index is 2.36. The third-order valence-corrected chi connectivity index (χ3v) is 23.7. The topological polar surface area (TPSA) is 40.5 Å². The van der Waals surface area contributed by atoms with Crippen LogP contribution in [0.1, 0.15) is 83.0 Å². The Kier molecular flexibility index (Phi) is 10.9. The van der Waals surface area contributed by atoms with Crippen LogP contribution in [0, 0.1) is 0 Å². The van der Waals surface area contributed by atoms with E-state index in [0.29, 0.717) is 19.5 Å². The third-order valence-electron chi connectivity index (χ3n) is 7.05. The maximum atomic E-state index is 13.1. The zero-order valence-electron chi connectivity index (χ0n) is 19.8. The SMILES string of the molecule is CCC[CH2][Sn]([CH2]CCC)([CH2]CCC)[C](C)=C1CN(C(=O)c2ccccc2)CCC1O. The van der Waals surface area contributed by atoms with Gasteiger partial charge in [-0.1, -0.05) is 0 Å². The van der Waals surface area contributed by atoms with Gasteiger partial charge in [-0.25, -0.2) is 0 Å². The molecule has 1 saturated heterocycles. The van der Waals surface area contributed by atoms with Gasteiger partial charge in [-0.05, 0) is 0 Å². The van der Waals surface area contributed by atoms with Crippen LogP contribution in [0.4, 0.5) is 0 Å². The number of nitrogens with zero attached hydrogens (tertiary/aromatic N) is 1. The number of unbranched alkanes of at least 4 members (excludes halogenated alkanes) is 3. The van der Waals surface area contributed by atoms with Crippen molar-refractivity contribution >= 4 is 24.3 Å². The Bertz CT molecular complexity index is 664. The first kappa shape index (κ1) is 25.4. The van der Waals surface area contributed by atoms with E-state index in [2.05, 4.69) is 27.7 Å². The van der Waals surface area contributed by atoms with Gasteiger partial charge in [0, 0.05) is 0 Å². The van der Waals surface area contributed by atoms with Crippen LogP contribution in [-0.4, -0.2) is 53.5 Å². The van der Waals surface area contributed by atoms with Crippen LogP contribution >= 0.6 is 0 Å².